The van der Waals surface area contributed by atoms with Gasteiger partial charge in [0.2, 0.25) is 0 Å². The lowest BCUT2D eigenvalue weighted by Crippen LogP contribution is -2.32. The Balaban J connectivity index is 1.98. The molecular formula is C18H16N4O3. The van der Waals surface area contributed by atoms with Crippen molar-refractivity contribution < 1.29 is 4.74 Å². The molecule has 0 aliphatic heterocycles. The number of hydrogen-bond acceptors (Lipinski definition) is 4. The van der Waals surface area contributed by atoms with Gasteiger partial charge in [0.25, 0.3) is 5.56 Å². The molecule has 1 atom stereocenters. The van der Waals surface area contributed by atoms with Gasteiger partial charge in [-0.3, -0.25) is 14.3 Å². The van der Waals surface area contributed by atoms with Gasteiger partial charge in [0.05, 0.1) is 13.0 Å². The fourth-order valence-electron chi connectivity index (χ4n) is 2.41. The van der Waals surface area contributed by atoms with Crippen LogP contribution in [0.2, 0.25) is 0 Å². The molecule has 7 heteroatoms. The third-order valence-electron chi connectivity index (χ3n) is 3.82. The maximum absolute atomic E-state index is 12.1. The first-order valence-electron chi connectivity index (χ1n) is 7.50. The van der Waals surface area contributed by atoms with Crippen LogP contribution in [0.1, 0.15) is 17.3 Å². The van der Waals surface area contributed by atoms with E-state index in [1.807, 2.05) is 30.3 Å². The summed E-state index contributed by atoms with van der Waals surface area (Å²) in [7, 11) is 2.99. The molecule has 0 radical (unpaired) electrons. The average molecular weight is 336 g/mol. The Hall–Kier alpha value is -3.53. The number of H-pyrrole nitrogens is 2. The predicted octanol–water partition coefficient (Wildman–Crippen LogP) is 1.39. The predicted molar refractivity (Wildman–Crippen MR) is 95.6 cm³/mol. The summed E-state index contributed by atoms with van der Waals surface area (Å²) in [5.41, 5.74) is 0.343. The first-order valence-corrected chi connectivity index (χ1v) is 7.50. The summed E-state index contributed by atoms with van der Waals surface area (Å²) in [6, 6.07) is 7.51. The van der Waals surface area contributed by atoms with Crippen molar-refractivity contribution in [2.24, 2.45) is 7.05 Å². The minimum Gasteiger partial charge on any atom is -0.497 e. The van der Waals surface area contributed by atoms with Crippen molar-refractivity contribution in [2.45, 2.75) is 5.92 Å². The maximum Gasteiger partial charge on any atom is 0.329 e. The molecule has 1 unspecified atom stereocenters. The van der Waals surface area contributed by atoms with Crippen LogP contribution in [0, 0.1) is 12.3 Å². The standard InChI is InChI=1S/C18H16N4O3/c1-4-12(9-8-11-6-5-7-13(10-11)25-3)15-19-14-16(20-15)21-18(24)22(2)17(14)23/h1,5-10,12H,2-3H3,(H,19,20)(H,21,24)/b9-8+. The summed E-state index contributed by atoms with van der Waals surface area (Å²) >= 11 is 0. The number of hydrogen-bond donors (Lipinski definition) is 2. The number of nitrogens with zero attached hydrogens (tertiary/aromatic N) is 2. The second-order valence-electron chi connectivity index (χ2n) is 5.42. The largest absolute Gasteiger partial charge is 0.497 e. The Kier molecular flexibility index (Phi) is 4.27. The number of aromatic nitrogens is 4. The van der Waals surface area contributed by atoms with E-state index in [1.54, 1.807) is 13.2 Å². The molecule has 0 amide bonds. The molecule has 126 valence electrons. The van der Waals surface area contributed by atoms with E-state index in [0.29, 0.717) is 5.82 Å². The molecule has 3 aromatic rings. The SMILES string of the molecule is C#CC(/C=C/c1cccc(OC)c1)c1nc2[nH]c(=O)n(C)c(=O)c2[nH]1. The summed E-state index contributed by atoms with van der Waals surface area (Å²) in [4.78, 5) is 33.5. The summed E-state index contributed by atoms with van der Waals surface area (Å²) in [5, 5.41) is 0. The van der Waals surface area contributed by atoms with E-state index in [9.17, 15) is 9.59 Å². The van der Waals surface area contributed by atoms with Crippen molar-refractivity contribution in [3.63, 3.8) is 0 Å². The van der Waals surface area contributed by atoms with Crippen LogP contribution in [0.15, 0.2) is 39.9 Å². The van der Waals surface area contributed by atoms with E-state index in [2.05, 4.69) is 20.9 Å². The molecule has 0 aliphatic carbocycles. The highest BCUT2D eigenvalue weighted by molar-refractivity contribution is 5.69. The zero-order valence-corrected chi connectivity index (χ0v) is 13.7. The van der Waals surface area contributed by atoms with Gasteiger partial charge in [-0.05, 0) is 17.7 Å². The molecule has 0 bridgehead atoms. The number of aromatic amines is 2. The van der Waals surface area contributed by atoms with Gasteiger partial charge in [-0.15, -0.1) is 6.42 Å². The van der Waals surface area contributed by atoms with E-state index in [0.717, 1.165) is 15.9 Å². The van der Waals surface area contributed by atoms with Gasteiger partial charge in [0, 0.05) is 7.05 Å². The van der Waals surface area contributed by atoms with Crippen LogP contribution in [0.3, 0.4) is 0 Å². The Labute approximate surface area is 143 Å². The zero-order valence-electron chi connectivity index (χ0n) is 13.7. The first kappa shape index (κ1) is 16.3. The molecule has 0 aliphatic rings. The van der Waals surface area contributed by atoms with E-state index >= 15 is 0 Å². The summed E-state index contributed by atoms with van der Waals surface area (Å²) in [6.45, 7) is 0. The van der Waals surface area contributed by atoms with E-state index < -0.39 is 17.2 Å². The number of nitrogens with one attached hydrogen (secondary N) is 2. The van der Waals surface area contributed by atoms with Crippen molar-refractivity contribution in [1.82, 2.24) is 19.5 Å². The quantitative estimate of drug-likeness (QED) is 0.704. The van der Waals surface area contributed by atoms with Crippen LogP contribution in [-0.2, 0) is 7.05 Å². The van der Waals surface area contributed by atoms with E-state index in [-0.39, 0.29) is 11.2 Å². The number of imidazole rings is 1. The van der Waals surface area contributed by atoms with Crippen molar-refractivity contribution in [2.75, 3.05) is 7.11 Å². The number of benzene rings is 1. The van der Waals surface area contributed by atoms with Gasteiger partial charge in [0.15, 0.2) is 5.65 Å². The molecule has 1 aromatic carbocycles. The smallest absolute Gasteiger partial charge is 0.329 e. The number of terminal acetylenes is 1. The van der Waals surface area contributed by atoms with Gasteiger partial charge in [0.1, 0.15) is 17.1 Å². The Morgan fingerprint density at radius 1 is 1.36 bits per heavy atom. The topological polar surface area (TPSA) is 92.8 Å². The van der Waals surface area contributed by atoms with Crippen molar-refractivity contribution >= 4 is 17.2 Å². The molecule has 0 saturated carbocycles. The van der Waals surface area contributed by atoms with Crippen LogP contribution >= 0.6 is 0 Å². The summed E-state index contributed by atoms with van der Waals surface area (Å²) in [6.07, 6.45) is 9.24. The van der Waals surface area contributed by atoms with Crippen molar-refractivity contribution in [3.05, 3.63) is 62.6 Å². The highest BCUT2D eigenvalue weighted by atomic mass is 16.5. The highest BCUT2D eigenvalue weighted by Crippen LogP contribution is 2.18. The normalized spacial score (nSPS) is 12.4. The van der Waals surface area contributed by atoms with Crippen LogP contribution in [-0.4, -0.2) is 26.6 Å². The summed E-state index contributed by atoms with van der Waals surface area (Å²) < 4.78 is 6.16. The molecule has 0 saturated heterocycles. The molecule has 2 heterocycles. The second-order valence-corrected chi connectivity index (χ2v) is 5.42. The fourth-order valence-corrected chi connectivity index (χ4v) is 2.41. The minimum absolute atomic E-state index is 0.193. The van der Waals surface area contributed by atoms with Crippen molar-refractivity contribution in [1.29, 1.82) is 0 Å². The Bertz CT molecular complexity index is 1110. The van der Waals surface area contributed by atoms with E-state index in [4.69, 9.17) is 11.2 Å². The van der Waals surface area contributed by atoms with Gasteiger partial charge < -0.3 is 9.72 Å². The van der Waals surface area contributed by atoms with Crippen LogP contribution < -0.4 is 16.0 Å². The molecule has 7 nitrogen and oxygen atoms in total. The molecule has 3 rings (SSSR count). The van der Waals surface area contributed by atoms with Crippen molar-refractivity contribution in [3.8, 4) is 18.1 Å². The number of ether oxygens (including phenoxy) is 1. The lowest BCUT2D eigenvalue weighted by molar-refractivity contribution is 0.414. The molecule has 2 aromatic heterocycles. The van der Waals surface area contributed by atoms with Gasteiger partial charge >= 0.3 is 5.69 Å². The van der Waals surface area contributed by atoms with Crippen LogP contribution in [0.25, 0.3) is 17.2 Å². The Morgan fingerprint density at radius 3 is 2.88 bits per heavy atom. The van der Waals surface area contributed by atoms with Gasteiger partial charge in [-0.2, -0.15) is 0 Å². The lowest BCUT2D eigenvalue weighted by atomic mass is 10.1. The molecule has 0 spiro atoms. The fraction of sp³-hybridized carbons (Fsp3) is 0.167. The Morgan fingerprint density at radius 2 is 2.16 bits per heavy atom. The molecule has 0 fully saturated rings. The molecule has 25 heavy (non-hydrogen) atoms. The number of allylic oxidation sites excluding steroid dienone is 1. The van der Waals surface area contributed by atoms with Gasteiger partial charge in [-0.25, -0.2) is 9.78 Å². The highest BCUT2D eigenvalue weighted by Gasteiger charge is 2.14. The third-order valence-corrected chi connectivity index (χ3v) is 3.82. The van der Waals surface area contributed by atoms with Crippen LogP contribution in [0.5, 0.6) is 5.75 Å². The van der Waals surface area contributed by atoms with E-state index in [1.165, 1.54) is 7.05 Å². The monoisotopic (exact) mass is 336 g/mol. The average Bonchev–Trinajstić information content (AvgIpc) is 3.04. The number of methoxy groups -OCH3 is 1. The molecular weight excluding hydrogens is 320 g/mol. The third kappa shape index (κ3) is 3.10. The van der Waals surface area contributed by atoms with Gasteiger partial charge in [-0.1, -0.05) is 30.2 Å². The summed E-state index contributed by atoms with van der Waals surface area (Å²) in [5.74, 6) is 3.29. The number of rotatable bonds is 4. The number of fused-ring (bicyclic) bond motifs is 1. The lowest BCUT2D eigenvalue weighted by Gasteiger charge is -2.02. The minimum atomic E-state index is -0.528. The molecule has 2 N–H and O–H groups in total. The second kappa shape index (κ2) is 6.53. The zero-order chi connectivity index (χ0) is 18.0. The first-order chi connectivity index (χ1) is 12.0. The van der Waals surface area contributed by atoms with Crippen LogP contribution in [0.4, 0.5) is 0 Å². The maximum atomic E-state index is 12.1.